The molecular formula is C22H32N2O2. The zero-order chi connectivity index (χ0) is 18.0. The van der Waals surface area contributed by atoms with Crippen molar-refractivity contribution in [3.8, 4) is 5.75 Å². The van der Waals surface area contributed by atoms with E-state index in [1.165, 1.54) is 31.4 Å². The van der Waals surface area contributed by atoms with E-state index >= 15 is 0 Å². The van der Waals surface area contributed by atoms with Crippen molar-refractivity contribution in [3.05, 3.63) is 29.8 Å². The SMILES string of the molecule is CCCOc1ccc(CN2CCC[C@]3(CCN(C(=O)C4CC4)C3)C2)cc1. The molecule has 2 saturated heterocycles. The summed E-state index contributed by atoms with van der Waals surface area (Å²) in [5.74, 6) is 1.76. The van der Waals surface area contributed by atoms with E-state index < -0.39 is 0 Å². The van der Waals surface area contributed by atoms with Crippen LogP contribution in [0.4, 0.5) is 0 Å². The summed E-state index contributed by atoms with van der Waals surface area (Å²) in [6, 6.07) is 8.58. The molecule has 0 unspecified atom stereocenters. The van der Waals surface area contributed by atoms with E-state index in [1.54, 1.807) is 0 Å². The molecule has 4 heteroatoms. The first-order chi connectivity index (χ1) is 12.7. The second-order valence-corrected chi connectivity index (χ2v) is 8.59. The maximum absolute atomic E-state index is 12.4. The molecule has 0 radical (unpaired) electrons. The predicted molar refractivity (Wildman–Crippen MR) is 103 cm³/mol. The summed E-state index contributed by atoms with van der Waals surface area (Å²) >= 11 is 0. The number of hydrogen-bond donors (Lipinski definition) is 0. The number of carbonyl (C=O) groups excluding carboxylic acids is 1. The van der Waals surface area contributed by atoms with Gasteiger partial charge in [-0.2, -0.15) is 0 Å². The first-order valence-corrected chi connectivity index (χ1v) is 10.4. The quantitative estimate of drug-likeness (QED) is 0.779. The van der Waals surface area contributed by atoms with E-state index in [2.05, 4.69) is 41.0 Å². The average Bonchev–Trinajstić information content (AvgIpc) is 3.43. The number of amides is 1. The van der Waals surface area contributed by atoms with Crippen molar-refractivity contribution < 1.29 is 9.53 Å². The molecule has 0 aromatic heterocycles. The van der Waals surface area contributed by atoms with Gasteiger partial charge in [-0.3, -0.25) is 9.69 Å². The van der Waals surface area contributed by atoms with E-state index in [-0.39, 0.29) is 0 Å². The molecule has 1 spiro atoms. The van der Waals surface area contributed by atoms with Crippen molar-refractivity contribution in [2.45, 2.75) is 52.0 Å². The van der Waals surface area contributed by atoms with Gasteiger partial charge >= 0.3 is 0 Å². The van der Waals surface area contributed by atoms with Crippen LogP contribution in [-0.4, -0.2) is 48.5 Å². The second-order valence-electron chi connectivity index (χ2n) is 8.59. The van der Waals surface area contributed by atoms with Gasteiger partial charge in [0.25, 0.3) is 0 Å². The number of piperidine rings is 1. The summed E-state index contributed by atoms with van der Waals surface area (Å²) in [6.07, 6.45) is 6.99. The molecule has 26 heavy (non-hydrogen) atoms. The lowest BCUT2D eigenvalue weighted by molar-refractivity contribution is -0.132. The molecule has 1 amide bonds. The van der Waals surface area contributed by atoms with Crippen LogP contribution in [0.2, 0.25) is 0 Å². The number of benzene rings is 1. The first-order valence-electron chi connectivity index (χ1n) is 10.4. The number of ether oxygens (including phenoxy) is 1. The van der Waals surface area contributed by atoms with E-state index in [1.807, 2.05) is 0 Å². The smallest absolute Gasteiger partial charge is 0.225 e. The van der Waals surface area contributed by atoms with Gasteiger partial charge in [0.1, 0.15) is 5.75 Å². The van der Waals surface area contributed by atoms with Crippen molar-refractivity contribution in [1.29, 1.82) is 0 Å². The summed E-state index contributed by atoms with van der Waals surface area (Å²) in [4.78, 5) is 17.2. The van der Waals surface area contributed by atoms with Crippen molar-refractivity contribution in [2.75, 3.05) is 32.8 Å². The van der Waals surface area contributed by atoms with Crippen LogP contribution in [0.5, 0.6) is 5.75 Å². The lowest BCUT2D eigenvalue weighted by Gasteiger charge is -2.40. The molecule has 3 fully saturated rings. The third-order valence-electron chi connectivity index (χ3n) is 6.22. The Morgan fingerprint density at radius 1 is 1.15 bits per heavy atom. The molecule has 1 aliphatic carbocycles. The van der Waals surface area contributed by atoms with Crippen LogP contribution in [0, 0.1) is 11.3 Å². The summed E-state index contributed by atoms with van der Waals surface area (Å²) in [7, 11) is 0. The van der Waals surface area contributed by atoms with Gasteiger partial charge in [-0.15, -0.1) is 0 Å². The first kappa shape index (κ1) is 17.8. The Morgan fingerprint density at radius 3 is 2.69 bits per heavy atom. The number of likely N-dealkylation sites (tertiary alicyclic amines) is 2. The second kappa shape index (κ2) is 7.59. The molecule has 2 heterocycles. The van der Waals surface area contributed by atoms with Crippen LogP contribution in [-0.2, 0) is 11.3 Å². The van der Waals surface area contributed by atoms with Gasteiger partial charge in [-0.05, 0) is 62.8 Å². The van der Waals surface area contributed by atoms with Crippen LogP contribution in [0.15, 0.2) is 24.3 Å². The zero-order valence-corrected chi connectivity index (χ0v) is 16.1. The Kier molecular flexibility index (Phi) is 5.21. The lowest BCUT2D eigenvalue weighted by atomic mass is 9.79. The maximum Gasteiger partial charge on any atom is 0.225 e. The van der Waals surface area contributed by atoms with Gasteiger partial charge in [-0.1, -0.05) is 19.1 Å². The average molecular weight is 357 g/mol. The van der Waals surface area contributed by atoms with Gasteiger partial charge in [0.05, 0.1) is 6.61 Å². The highest BCUT2D eigenvalue weighted by atomic mass is 16.5. The Bertz CT molecular complexity index is 626. The number of rotatable bonds is 6. The minimum absolute atomic E-state index is 0.340. The molecule has 1 aromatic carbocycles. The zero-order valence-electron chi connectivity index (χ0n) is 16.1. The highest BCUT2D eigenvalue weighted by molar-refractivity contribution is 5.81. The van der Waals surface area contributed by atoms with E-state index in [0.29, 0.717) is 17.2 Å². The standard InChI is InChI=1S/C22H32N2O2/c1-2-14-26-20-8-4-18(5-9-20)15-23-12-3-10-22(16-23)11-13-24(17-22)21(25)19-6-7-19/h4-5,8-9,19H,2-3,6-7,10-17H2,1H3/t22-/m0/s1. The monoisotopic (exact) mass is 356 g/mol. The van der Waals surface area contributed by atoms with Crippen LogP contribution in [0.1, 0.15) is 51.0 Å². The molecule has 0 bridgehead atoms. The summed E-state index contributed by atoms with van der Waals surface area (Å²) in [6.45, 7) is 8.19. The Hall–Kier alpha value is -1.55. The van der Waals surface area contributed by atoms with Crippen molar-refractivity contribution >= 4 is 5.91 Å². The van der Waals surface area contributed by atoms with E-state index in [9.17, 15) is 4.79 Å². The molecular weight excluding hydrogens is 324 g/mol. The topological polar surface area (TPSA) is 32.8 Å². The van der Waals surface area contributed by atoms with Crippen LogP contribution >= 0.6 is 0 Å². The molecule has 1 aromatic rings. The van der Waals surface area contributed by atoms with Gasteiger partial charge in [0.15, 0.2) is 0 Å². The van der Waals surface area contributed by atoms with Crippen molar-refractivity contribution in [2.24, 2.45) is 11.3 Å². The Morgan fingerprint density at radius 2 is 1.96 bits per heavy atom. The molecule has 1 atom stereocenters. The van der Waals surface area contributed by atoms with Gasteiger partial charge < -0.3 is 9.64 Å². The van der Waals surface area contributed by atoms with Crippen LogP contribution in [0.3, 0.4) is 0 Å². The lowest BCUT2D eigenvalue weighted by Crippen LogP contribution is -2.45. The molecule has 4 rings (SSSR count). The minimum Gasteiger partial charge on any atom is -0.494 e. The van der Waals surface area contributed by atoms with E-state index in [0.717, 1.165) is 57.8 Å². The Balaban J connectivity index is 1.33. The van der Waals surface area contributed by atoms with Crippen molar-refractivity contribution in [1.82, 2.24) is 9.80 Å². The third-order valence-corrected chi connectivity index (χ3v) is 6.22. The normalized spacial score (nSPS) is 26.4. The summed E-state index contributed by atoms with van der Waals surface area (Å²) in [5.41, 5.74) is 1.70. The molecule has 142 valence electrons. The molecule has 4 nitrogen and oxygen atoms in total. The highest BCUT2D eigenvalue weighted by Crippen LogP contribution is 2.41. The fraction of sp³-hybridized carbons (Fsp3) is 0.682. The number of nitrogens with zero attached hydrogens (tertiary/aromatic N) is 2. The maximum atomic E-state index is 12.4. The van der Waals surface area contributed by atoms with Gasteiger partial charge in [0.2, 0.25) is 5.91 Å². The van der Waals surface area contributed by atoms with Crippen LogP contribution < -0.4 is 4.74 Å². The fourth-order valence-electron chi connectivity index (χ4n) is 4.66. The molecule has 0 N–H and O–H groups in total. The predicted octanol–water partition coefficient (Wildman–Crippen LogP) is 3.70. The highest BCUT2D eigenvalue weighted by Gasteiger charge is 2.45. The number of carbonyl (C=O) groups is 1. The third kappa shape index (κ3) is 4.06. The number of hydrogen-bond acceptors (Lipinski definition) is 3. The van der Waals surface area contributed by atoms with Crippen LogP contribution in [0.25, 0.3) is 0 Å². The molecule has 1 saturated carbocycles. The van der Waals surface area contributed by atoms with Gasteiger partial charge in [0, 0.05) is 37.5 Å². The minimum atomic E-state index is 0.340. The van der Waals surface area contributed by atoms with E-state index in [4.69, 9.17) is 4.74 Å². The van der Waals surface area contributed by atoms with Gasteiger partial charge in [-0.25, -0.2) is 0 Å². The molecule has 2 aliphatic heterocycles. The molecule has 3 aliphatic rings. The fourth-order valence-corrected chi connectivity index (χ4v) is 4.66. The van der Waals surface area contributed by atoms with Crippen molar-refractivity contribution in [3.63, 3.8) is 0 Å². The summed E-state index contributed by atoms with van der Waals surface area (Å²) < 4.78 is 5.68. The Labute approximate surface area is 157 Å². The summed E-state index contributed by atoms with van der Waals surface area (Å²) in [5, 5.41) is 0. The largest absolute Gasteiger partial charge is 0.494 e.